The molecule has 212 valence electrons. The van der Waals surface area contributed by atoms with E-state index in [1.807, 2.05) is 127 Å². The number of hydrogen-bond acceptors (Lipinski definition) is 3. The molecule has 0 saturated carbocycles. The van der Waals surface area contributed by atoms with E-state index in [0.717, 1.165) is 27.8 Å². The molecular weight excluding hydrogens is 520 g/mol. The summed E-state index contributed by atoms with van der Waals surface area (Å²) < 4.78 is 6.77. The van der Waals surface area contributed by atoms with Crippen LogP contribution < -0.4 is 0 Å². The average molecular weight is 557 g/mol. The van der Waals surface area contributed by atoms with Gasteiger partial charge in [-0.1, -0.05) is 152 Å². The van der Waals surface area contributed by atoms with Gasteiger partial charge < -0.3 is 14.9 Å². The molecule has 0 unspecified atom stereocenters. The van der Waals surface area contributed by atoms with Crippen molar-refractivity contribution in [1.29, 1.82) is 0 Å². The van der Waals surface area contributed by atoms with E-state index in [1.54, 1.807) is 0 Å². The molecule has 0 heterocycles. The quantitative estimate of drug-likeness (QED) is 0.146. The summed E-state index contributed by atoms with van der Waals surface area (Å²) in [7, 11) is 0. The van der Waals surface area contributed by atoms with Crippen molar-refractivity contribution in [2.75, 3.05) is 6.61 Å². The van der Waals surface area contributed by atoms with Gasteiger partial charge in [0, 0.05) is 5.92 Å². The fourth-order valence-corrected chi connectivity index (χ4v) is 5.77. The van der Waals surface area contributed by atoms with E-state index < -0.39 is 23.6 Å². The van der Waals surface area contributed by atoms with Gasteiger partial charge in [-0.25, -0.2) is 0 Å². The fourth-order valence-electron chi connectivity index (χ4n) is 5.77. The normalized spacial score (nSPS) is 13.0. The maximum absolute atomic E-state index is 12.6. The zero-order chi connectivity index (χ0) is 29.2. The second kappa shape index (κ2) is 13.9. The zero-order valence-corrected chi connectivity index (χ0v) is 23.5. The Balaban J connectivity index is 1.44. The lowest BCUT2D eigenvalue weighted by Gasteiger charge is -2.37. The lowest BCUT2D eigenvalue weighted by atomic mass is 9.80. The Morgan fingerprint density at radius 1 is 0.571 bits per heavy atom. The summed E-state index contributed by atoms with van der Waals surface area (Å²) in [5.74, 6) is -2.16. The van der Waals surface area contributed by atoms with E-state index in [4.69, 9.17) is 4.74 Å². The van der Waals surface area contributed by atoms with Crippen molar-refractivity contribution in [3.63, 3.8) is 0 Å². The summed E-state index contributed by atoms with van der Waals surface area (Å²) in [5, 5.41) is 21.7. The van der Waals surface area contributed by atoms with Gasteiger partial charge in [-0.2, -0.15) is 0 Å². The lowest BCUT2D eigenvalue weighted by molar-refractivity contribution is -0.151. The van der Waals surface area contributed by atoms with Crippen molar-refractivity contribution in [3.05, 3.63) is 179 Å². The monoisotopic (exact) mass is 556 g/mol. The van der Waals surface area contributed by atoms with Crippen molar-refractivity contribution in [1.82, 2.24) is 0 Å². The average Bonchev–Trinajstić information content (AvgIpc) is 3.05. The highest BCUT2D eigenvalue weighted by Crippen LogP contribution is 2.41. The van der Waals surface area contributed by atoms with E-state index in [0.29, 0.717) is 12.8 Å². The molecule has 0 aliphatic rings. The molecule has 2 N–H and O–H groups in total. The Hall–Kier alpha value is -4.51. The minimum atomic E-state index is -1.12. The van der Waals surface area contributed by atoms with Crippen LogP contribution in [0.5, 0.6) is 0 Å². The molecular formula is C38H36O4. The summed E-state index contributed by atoms with van der Waals surface area (Å²) in [6.45, 7) is -0.170. The topological polar surface area (TPSA) is 66.8 Å². The highest BCUT2D eigenvalue weighted by molar-refractivity contribution is 5.71. The van der Waals surface area contributed by atoms with E-state index in [1.165, 1.54) is 0 Å². The third-order valence-corrected chi connectivity index (χ3v) is 7.96. The second-order valence-corrected chi connectivity index (χ2v) is 10.6. The summed E-state index contributed by atoms with van der Waals surface area (Å²) >= 11 is 0. The summed E-state index contributed by atoms with van der Waals surface area (Å²) in [6.07, 6.45) is -0.193. The maximum atomic E-state index is 12.6. The highest BCUT2D eigenvalue weighted by atomic mass is 16.5. The van der Waals surface area contributed by atoms with Crippen LogP contribution >= 0.6 is 0 Å². The number of aliphatic hydroxyl groups excluding tert-OH is 1. The second-order valence-electron chi connectivity index (χ2n) is 10.6. The molecule has 5 rings (SSSR count). The van der Waals surface area contributed by atoms with Crippen LogP contribution in [-0.2, 0) is 15.1 Å². The van der Waals surface area contributed by atoms with Gasteiger partial charge in [0.25, 0.3) is 0 Å². The molecule has 0 radical (unpaired) electrons. The van der Waals surface area contributed by atoms with Gasteiger partial charge in [0.2, 0.25) is 0 Å². The molecule has 5 aromatic rings. The van der Waals surface area contributed by atoms with Crippen molar-refractivity contribution in [2.24, 2.45) is 5.92 Å². The van der Waals surface area contributed by atoms with Crippen LogP contribution in [0, 0.1) is 5.92 Å². The smallest absolute Gasteiger partial charge is 0.311 e. The number of hydrogen-bond donors (Lipinski definition) is 2. The molecule has 2 atom stereocenters. The molecule has 4 nitrogen and oxygen atoms in total. The van der Waals surface area contributed by atoms with E-state index in [-0.39, 0.29) is 12.5 Å². The Morgan fingerprint density at radius 2 is 0.929 bits per heavy atom. The van der Waals surface area contributed by atoms with Crippen molar-refractivity contribution in [2.45, 2.75) is 30.5 Å². The zero-order valence-electron chi connectivity index (χ0n) is 23.5. The number of aliphatic carboxylic acids is 1. The van der Waals surface area contributed by atoms with E-state index in [9.17, 15) is 15.0 Å². The van der Waals surface area contributed by atoms with Crippen LogP contribution in [0.3, 0.4) is 0 Å². The lowest BCUT2D eigenvalue weighted by Crippen LogP contribution is -2.39. The van der Waals surface area contributed by atoms with Gasteiger partial charge in [0.05, 0.1) is 12.7 Å². The third kappa shape index (κ3) is 6.52. The van der Waals surface area contributed by atoms with Gasteiger partial charge in [-0.05, 0) is 40.7 Å². The van der Waals surface area contributed by atoms with Crippen LogP contribution in [0.25, 0.3) is 0 Å². The molecule has 42 heavy (non-hydrogen) atoms. The summed E-state index contributed by atoms with van der Waals surface area (Å²) in [6, 6.07) is 49.9. The maximum Gasteiger partial charge on any atom is 0.311 e. The van der Waals surface area contributed by atoms with Crippen LogP contribution in [-0.4, -0.2) is 28.9 Å². The molecule has 4 heteroatoms. The number of aliphatic hydroxyl groups is 1. The van der Waals surface area contributed by atoms with Crippen molar-refractivity contribution in [3.8, 4) is 0 Å². The van der Waals surface area contributed by atoms with Gasteiger partial charge in [0.15, 0.2) is 0 Å². The Kier molecular flexibility index (Phi) is 9.60. The molecule has 0 fully saturated rings. The molecule has 0 aliphatic heterocycles. The number of benzene rings is 5. The number of carboxylic acid groups (broad SMARTS) is 1. The standard InChI is InChI=1S/C38H36O4/c39-36(27-26-34(29-16-6-1-7-17-29)30-18-8-2-9-19-30)35(37(40)41)28-42-38(31-20-10-3-11-21-31,32-22-12-4-13-23-32)33-24-14-5-15-25-33/h1-25,34-36,39H,26-28H2,(H,40,41)/t35-,36-/m0/s1. The first-order chi connectivity index (χ1) is 20.6. The van der Waals surface area contributed by atoms with Crippen LogP contribution in [0.2, 0.25) is 0 Å². The van der Waals surface area contributed by atoms with Crippen LogP contribution in [0.4, 0.5) is 0 Å². The minimum Gasteiger partial charge on any atom is -0.481 e. The highest BCUT2D eigenvalue weighted by Gasteiger charge is 2.40. The minimum absolute atomic E-state index is 0.0365. The van der Waals surface area contributed by atoms with Gasteiger partial charge in [-0.15, -0.1) is 0 Å². The van der Waals surface area contributed by atoms with E-state index in [2.05, 4.69) is 24.3 Å². The van der Waals surface area contributed by atoms with Crippen molar-refractivity contribution >= 4 is 5.97 Å². The van der Waals surface area contributed by atoms with Gasteiger partial charge >= 0.3 is 5.97 Å². The Morgan fingerprint density at radius 3 is 1.29 bits per heavy atom. The third-order valence-electron chi connectivity index (χ3n) is 7.96. The van der Waals surface area contributed by atoms with Gasteiger partial charge in [0.1, 0.15) is 11.5 Å². The predicted molar refractivity (Wildman–Crippen MR) is 166 cm³/mol. The predicted octanol–water partition coefficient (Wildman–Crippen LogP) is 7.67. The summed E-state index contributed by atoms with van der Waals surface area (Å²) in [4.78, 5) is 12.6. The number of rotatable bonds is 13. The Bertz CT molecular complexity index is 1370. The molecule has 0 bridgehead atoms. The first-order valence-corrected chi connectivity index (χ1v) is 14.4. The molecule has 0 saturated heterocycles. The molecule has 0 amide bonds. The molecule has 5 aromatic carbocycles. The fraction of sp³-hybridized carbons (Fsp3) is 0.184. The first kappa shape index (κ1) is 29.0. The van der Waals surface area contributed by atoms with Crippen molar-refractivity contribution < 1.29 is 19.7 Å². The largest absolute Gasteiger partial charge is 0.481 e. The van der Waals surface area contributed by atoms with Crippen LogP contribution in [0.15, 0.2) is 152 Å². The SMILES string of the molecule is O=C(O)[C@@H](COC(c1ccccc1)(c1ccccc1)c1ccccc1)[C@@H](O)CCC(c1ccccc1)c1ccccc1. The molecule has 0 aliphatic carbocycles. The van der Waals surface area contributed by atoms with E-state index >= 15 is 0 Å². The molecule has 0 aromatic heterocycles. The van der Waals surface area contributed by atoms with Gasteiger partial charge in [-0.3, -0.25) is 4.79 Å². The number of carboxylic acids is 1. The Labute approximate surface area is 247 Å². The number of carbonyl (C=O) groups is 1. The summed E-state index contributed by atoms with van der Waals surface area (Å²) in [5.41, 5.74) is 3.86. The number of ether oxygens (including phenoxy) is 1. The first-order valence-electron chi connectivity index (χ1n) is 14.4. The molecule has 0 spiro atoms. The van der Waals surface area contributed by atoms with Crippen LogP contribution in [0.1, 0.15) is 46.6 Å².